The molecule has 164 valence electrons. The van der Waals surface area contributed by atoms with E-state index in [1.54, 1.807) is 4.90 Å². The number of aromatic amines is 1. The van der Waals surface area contributed by atoms with Crippen LogP contribution in [0.25, 0.3) is 11.0 Å². The molecule has 31 heavy (non-hydrogen) atoms. The number of imidazole rings is 1. The van der Waals surface area contributed by atoms with E-state index in [1.165, 1.54) is 16.1 Å². The van der Waals surface area contributed by atoms with Crippen LogP contribution in [0.4, 0.5) is 8.78 Å². The quantitative estimate of drug-likeness (QED) is 0.585. The number of nitrogens with one attached hydrogen (secondary N) is 1. The standard InChI is InChI=1S/C20H20F2N4O3S2/c1-13-2-5-17-18(10-13)24-20(23-17)30-12-19(27)25-6-8-26(9-7-25)31(28,29)14-3-4-15(21)16(22)11-14/h2-5,10-11H,6-9,12H2,1H3,(H,23,24). The second-order valence-corrected chi connectivity index (χ2v) is 10.1. The van der Waals surface area contributed by atoms with E-state index >= 15 is 0 Å². The van der Waals surface area contributed by atoms with Crippen molar-refractivity contribution in [2.24, 2.45) is 0 Å². The highest BCUT2D eigenvalue weighted by atomic mass is 32.2. The number of hydrogen-bond donors (Lipinski definition) is 1. The van der Waals surface area contributed by atoms with Crippen LogP contribution >= 0.6 is 11.8 Å². The smallest absolute Gasteiger partial charge is 0.243 e. The van der Waals surface area contributed by atoms with Crippen molar-refractivity contribution in [3.05, 3.63) is 53.6 Å². The number of amides is 1. The predicted molar refractivity (Wildman–Crippen MR) is 113 cm³/mol. The zero-order valence-electron chi connectivity index (χ0n) is 16.6. The minimum absolute atomic E-state index is 0.0850. The van der Waals surface area contributed by atoms with Crippen molar-refractivity contribution in [1.82, 2.24) is 19.2 Å². The number of aromatic nitrogens is 2. The Hall–Kier alpha value is -2.50. The van der Waals surface area contributed by atoms with Crippen LogP contribution in [-0.4, -0.2) is 65.4 Å². The van der Waals surface area contributed by atoms with Gasteiger partial charge in [-0.15, -0.1) is 0 Å². The summed E-state index contributed by atoms with van der Waals surface area (Å²) in [7, 11) is -3.96. The maximum Gasteiger partial charge on any atom is 0.243 e. The van der Waals surface area contributed by atoms with Crippen LogP contribution in [0.2, 0.25) is 0 Å². The van der Waals surface area contributed by atoms with E-state index in [0.717, 1.165) is 28.7 Å². The van der Waals surface area contributed by atoms with Crippen LogP contribution < -0.4 is 0 Å². The first-order valence-electron chi connectivity index (χ1n) is 9.56. The predicted octanol–water partition coefficient (Wildman–Crippen LogP) is 2.77. The number of thioether (sulfide) groups is 1. The van der Waals surface area contributed by atoms with Gasteiger partial charge in [-0.3, -0.25) is 4.79 Å². The van der Waals surface area contributed by atoms with Crippen molar-refractivity contribution in [1.29, 1.82) is 0 Å². The SMILES string of the molecule is Cc1ccc2nc(SCC(=O)N3CCN(S(=O)(=O)c4ccc(F)c(F)c4)CC3)[nH]c2c1. The number of carbonyl (C=O) groups excluding carboxylic acids is 1. The molecular formula is C20H20F2N4O3S2. The molecule has 0 radical (unpaired) electrons. The Labute approximate surface area is 182 Å². The largest absolute Gasteiger partial charge is 0.339 e. The van der Waals surface area contributed by atoms with E-state index in [-0.39, 0.29) is 42.7 Å². The molecule has 1 aromatic heterocycles. The normalized spacial score (nSPS) is 15.5. The lowest BCUT2D eigenvalue weighted by Crippen LogP contribution is -2.51. The summed E-state index contributed by atoms with van der Waals surface area (Å²) in [5, 5.41) is 0.647. The zero-order valence-corrected chi connectivity index (χ0v) is 18.3. The Morgan fingerprint density at radius 1 is 1.10 bits per heavy atom. The van der Waals surface area contributed by atoms with E-state index in [0.29, 0.717) is 11.2 Å². The van der Waals surface area contributed by atoms with Crippen molar-refractivity contribution >= 4 is 38.7 Å². The summed E-state index contributed by atoms with van der Waals surface area (Å²) in [4.78, 5) is 21.5. The Morgan fingerprint density at radius 2 is 1.84 bits per heavy atom. The number of halogens is 2. The highest BCUT2D eigenvalue weighted by molar-refractivity contribution is 7.99. The molecule has 0 unspecified atom stereocenters. The number of aryl methyl sites for hydroxylation is 1. The third kappa shape index (κ3) is 4.58. The Bertz CT molecular complexity index is 1240. The molecular weight excluding hydrogens is 446 g/mol. The number of hydrogen-bond acceptors (Lipinski definition) is 5. The number of nitrogens with zero attached hydrogens (tertiary/aromatic N) is 3. The van der Waals surface area contributed by atoms with Crippen molar-refractivity contribution < 1.29 is 22.0 Å². The van der Waals surface area contributed by atoms with Crippen molar-refractivity contribution in [3.8, 4) is 0 Å². The summed E-state index contributed by atoms with van der Waals surface area (Å²) in [6.45, 7) is 2.61. The lowest BCUT2D eigenvalue weighted by atomic mass is 10.2. The lowest BCUT2D eigenvalue weighted by molar-refractivity contribution is -0.129. The molecule has 1 amide bonds. The molecule has 1 fully saturated rings. The molecule has 0 saturated carbocycles. The maximum absolute atomic E-state index is 13.4. The minimum atomic E-state index is -3.96. The van der Waals surface area contributed by atoms with Gasteiger partial charge in [-0.25, -0.2) is 22.2 Å². The number of carbonyl (C=O) groups is 1. The topological polar surface area (TPSA) is 86.4 Å². The molecule has 0 spiro atoms. The van der Waals surface area contributed by atoms with Crippen molar-refractivity contribution in [2.75, 3.05) is 31.9 Å². The highest BCUT2D eigenvalue weighted by Gasteiger charge is 2.30. The number of sulfonamides is 1. The van der Waals surface area contributed by atoms with Gasteiger partial charge in [0.2, 0.25) is 15.9 Å². The van der Waals surface area contributed by atoms with Crippen molar-refractivity contribution in [2.45, 2.75) is 17.0 Å². The Balaban J connectivity index is 1.34. The van der Waals surface area contributed by atoms with Gasteiger partial charge in [-0.05, 0) is 42.8 Å². The fraction of sp³-hybridized carbons (Fsp3) is 0.300. The summed E-state index contributed by atoms with van der Waals surface area (Å²) >= 11 is 1.29. The van der Waals surface area contributed by atoms with Gasteiger partial charge < -0.3 is 9.88 Å². The highest BCUT2D eigenvalue weighted by Crippen LogP contribution is 2.22. The molecule has 1 aliphatic rings. The van der Waals surface area contributed by atoms with Gasteiger partial charge in [0.1, 0.15) is 0 Å². The monoisotopic (exact) mass is 466 g/mol. The molecule has 7 nitrogen and oxygen atoms in total. The molecule has 1 saturated heterocycles. The molecule has 11 heteroatoms. The summed E-state index contributed by atoms with van der Waals surface area (Å²) in [5.74, 6) is -2.26. The molecule has 4 rings (SSSR count). The van der Waals surface area contributed by atoms with E-state index in [4.69, 9.17) is 0 Å². The first kappa shape index (κ1) is 21.7. The van der Waals surface area contributed by atoms with Gasteiger partial charge >= 0.3 is 0 Å². The fourth-order valence-electron chi connectivity index (χ4n) is 3.35. The van der Waals surface area contributed by atoms with Gasteiger partial charge in [0, 0.05) is 26.2 Å². The average Bonchev–Trinajstić information content (AvgIpc) is 3.16. The first-order chi connectivity index (χ1) is 14.7. The van der Waals surface area contributed by atoms with Gasteiger partial charge in [0.15, 0.2) is 16.8 Å². The fourth-order valence-corrected chi connectivity index (χ4v) is 5.58. The third-order valence-corrected chi connectivity index (χ3v) is 7.82. The molecule has 3 aromatic rings. The molecule has 0 bridgehead atoms. The zero-order chi connectivity index (χ0) is 22.2. The third-order valence-electron chi connectivity index (χ3n) is 5.07. The van der Waals surface area contributed by atoms with Crippen molar-refractivity contribution in [3.63, 3.8) is 0 Å². The van der Waals surface area contributed by atoms with E-state index in [1.807, 2.05) is 25.1 Å². The van der Waals surface area contributed by atoms with Crippen LogP contribution in [0.15, 0.2) is 46.5 Å². The first-order valence-corrected chi connectivity index (χ1v) is 12.0. The summed E-state index contributed by atoms with van der Waals surface area (Å²) < 4.78 is 53.0. The van der Waals surface area contributed by atoms with E-state index in [2.05, 4.69) is 9.97 Å². The number of rotatable bonds is 5. The summed E-state index contributed by atoms with van der Waals surface area (Å²) in [6, 6.07) is 8.38. The molecule has 0 atom stereocenters. The van der Waals surface area contributed by atoms with E-state index < -0.39 is 21.7 Å². The molecule has 2 aromatic carbocycles. The Morgan fingerprint density at radius 3 is 2.55 bits per heavy atom. The molecule has 1 aliphatic heterocycles. The Kier molecular flexibility index (Phi) is 6.00. The number of benzene rings is 2. The average molecular weight is 467 g/mol. The number of H-pyrrole nitrogens is 1. The van der Waals surface area contributed by atoms with Gasteiger partial charge in [-0.2, -0.15) is 4.31 Å². The van der Waals surface area contributed by atoms with Crippen LogP contribution in [0, 0.1) is 18.6 Å². The number of piperazine rings is 1. The second kappa shape index (κ2) is 8.56. The summed E-state index contributed by atoms with van der Waals surface area (Å²) in [5.41, 5.74) is 2.85. The molecule has 1 N–H and O–H groups in total. The maximum atomic E-state index is 13.4. The molecule has 2 heterocycles. The summed E-state index contributed by atoms with van der Waals surface area (Å²) in [6.07, 6.45) is 0. The second-order valence-electron chi connectivity index (χ2n) is 7.21. The van der Waals surface area contributed by atoms with Crippen LogP contribution in [0.1, 0.15) is 5.56 Å². The van der Waals surface area contributed by atoms with Crippen LogP contribution in [0.3, 0.4) is 0 Å². The van der Waals surface area contributed by atoms with E-state index in [9.17, 15) is 22.0 Å². The lowest BCUT2D eigenvalue weighted by Gasteiger charge is -2.34. The molecule has 0 aliphatic carbocycles. The van der Waals surface area contributed by atoms with Gasteiger partial charge in [-0.1, -0.05) is 17.8 Å². The van der Waals surface area contributed by atoms with Crippen LogP contribution in [-0.2, 0) is 14.8 Å². The van der Waals surface area contributed by atoms with Gasteiger partial charge in [0.25, 0.3) is 0 Å². The van der Waals surface area contributed by atoms with Gasteiger partial charge in [0.05, 0.1) is 21.7 Å². The minimum Gasteiger partial charge on any atom is -0.339 e. The number of fused-ring (bicyclic) bond motifs is 1. The van der Waals surface area contributed by atoms with Crippen LogP contribution in [0.5, 0.6) is 0 Å².